The number of aliphatic hydroxyl groups is 1. The Morgan fingerprint density at radius 1 is 0.889 bits per heavy atom. The van der Waals surface area contributed by atoms with Gasteiger partial charge in [-0.15, -0.1) is 0 Å². The van der Waals surface area contributed by atoms with Crippen LogP contribution in [0.2, 0.25) is 0 Å². The van der Waals surface area contributed by atoms with Crippen LogP contribution in [0.1, 0.15) is 163 Å². The van der Waals surface area contributed by atoms with Gasteiger partial charge >= 0.3 is 0 Å². The van der Waals surface area contributed by atoms with E-state index in [1.165, 1.54) is 60.0 Å². The quantitative estimate of drug-likeness (QED) is 0.0573. The molecule has 0 heterocycles. The fraction of sp³-hybridized carbons (Fsp3) is 0.590. The summed E-state index contributed by atoms with van der Waals surface area (Å²) in [5.74, 6) is 3.07. The van der Waals surface area contributed by atoms with Crippen LogP contribution in [0.15, 0.2) is 139 Å². The molecule has 3 aliphatic carbocycles. The number of allylic oxidation sites excluding steroid dienone is 12. The van der Waals surface area contributed by atoms with Crippen LogP contribution in [0.4, 0.5) is 0 Å². The van der Waals surface area contributed by atoms with E-state index in [0.717, 1.165) is 63.4 Å². The van der Waals surface area contributed by atoms with Gasteiger partial charge in [-0.2, -0.15) is 0 Å². The van der Waals surface area contributed by atoms with Gasteiger partial charge in [0.1, 0.15) is 0 Å². The molecule has 0 saturated heterocycles. The van der Waals surface area contributed by atoms with Crippen molar-refractivity contribution >= 4 is 5.78 Å². The lowest BCUT2D eigenvalue weighted by atomic mass is 9.64. The molecule has 1 N–H and O–H groups in total. The Hall–Kier alpha value is -3.49. The predicted octanol–water partition coefficient (Wildman–Crippen LogP) is 16.9. The normalized spacial score (nSPS) is 24.1. The van der Waals surface area contributed by atoms with E-state index >= 15 is 0 Å². The summed E-state index contributed by atoms with van der Waals surface area (Å²) in [5, 5.41) is 13.1. The summed E-state index contributed by atoms with van der Waals surface area (Å²) in [4.78, 5) is 14.4. The molecule has 2 nitrogen and oxygen atoms in total. The number of ketones is 1. The van der Waals surface area contributed by atoms with E-state index < -0.39 is 6.10 Å². The van der Waals surface area contributed by atoms with E-state index in [4.69, 9.17) is 13.2 Å². The molecule has 0 aliphatic heterocycles. The summed E-state index contributed by atoms with van der Waals surface area (Å²) >= 11 is 0. The van der Waals surface area contributed by atoms with Crippen molar-refractivity contribution in [3.63, 3.8) is 0 Å². The number of Topliss-reactive ketones (excluding diaryl/α,β-unsaturated/α-hetero) is 1. The van der Waals surface area contributed by atoms with Crippen molar-refractivity contribution in [3.05, 3.63) is 145 Å². The van der Waals surface area contributed by atoms with Gasteiger partial charge in [-0.1, -0.05) is 216 Å². The molecular weight excluding hydrogens is 765 g/mol. The van der Waals surface area contributed by atoms with E-state index in [1.807, 2.05) is 6.08 Å². The Labute approximate surface area is 387 Å². The Morgan fingerprint density at radius 3 is 2.16 bits per heavy atom. The molecule has 1 aromatic carbocycles. The van der Waals surface area contributed by atoms with Crippen LogP contribution in [0.5, 0.6) is 0 Å². The fourth-order valence-corrected chi connectivity index (χ4v) is 12.2. The maximum absolute atomic E-state index is 14.4. The van der Waals surface area contributed by atoms with Gasteiger partial charge in [0.15, 0.2) is 5.78 Å². The Morgan fingerprint density at radius 2 is 1.57 bits per heavy atom. The van der Waals surface area contributed by atoms with Crippen molar-refractivity contribution in [2.24, 2.45) is 65.1 Å². The number of hydrogen-bond acceptors (Lipinski definition) is 2. The molecule has 2 heteroatoms. The zero-order valence-electron chi connectivity index (χ0n) is 41.5. The zero-order chi connectivity index (χ0) is 46.4. The van der Waals surface area contributed by atoms with Crippen LogP contribution in [0.3, 0.4) is 0 Å². The molecule has 10 unspecified atom stereocenters. The highest BCUT2D eigenvalue weighted by atomic mass is 16.3. The van der Waals surface area contributed by atoms with Gasteiger partial charge in [0.2, 0.25) is 0 Å². The van der Waals surface area contributed by atoms with Crippen molar-refractivity contribution in [1.82, 2.24) is 0 Å². The molecular formula is C61H90O2. The number of carbonyl (C=O) groups excluding carboxylic acids is 1. The zero-order valence-corrected chi connectivity index (χ0v) is 41.5. The molecule has 11 atom stereocenters. The second-order valence-electron chi connectivity index (χ2n) is 21.0. The minimum atomic E-state index is -0.451. The molecule has 2 fully saturated rings. The van der Waals surface area contributed by atoms with Crippen molar-refractivity contribution in [1.29, 1.82) is 0 Å². The highest BCUT2D eigenvalue weighted by Crippen LogP contribution is 2.52. The maximum Gasteiger partial charge on any atom is 0.184 e. The third kappa shape index (κ3) is 14.0. The monoisotopic (exact) mass is 855 g/mol. The lowest BCUT2D eigenvalue weighted by Gasteiger charge is -2.43. The molecule has 2 saturated carbocycles. The van der Waals surface area contributed by atoms with Crippen molar-refractivity contribution < 1.29 is 9.90 Å². The maximum atomic E-state index is 14.4. The molecule has 63 heavy (non-hydrogen) atoms. The molecule has 0 radical (unpaired) electrons. The first-order chi connectivity index (χ1) is 30.0. The number of carbonyl (C=O) groups is 1. The van der Waals surface area contributed by atoms with Crippen LogP contribution in [-0.4, -0.2) is 17.0 Å². The Kier molecular flexibility index (Phi) is 20.9. The minimum Gasteiger partial charge on any atom is -0.392 e. The van der Waals surface area contributed by atoms with Crippen LogP contribution < -0.4 is 0 Å². The highest BCUT2D eigenvalue weighted by molar-refractivity contribution is 6.08. The first kappa shape index (κ1) is 52.1. The summed E-state index contributed by atoms with van der Waals surface area (Å²) in [5.41, 5.74) is 8.72. The van der Waals surface area contributed by atoms with Crippen LogP contribution in [0, 0.1) is 65.1 Å². The molecule has 0 bridgehead atoms. The van der Waals surface area contributed by atoms with Gasteiger partial charge in [0, 0.05) is 0 Å². The first-order valence-electron chi connectivity index (χ1n) is 25.4. The van der Waals surface area contributed by atoms with E-state index in [-0.39, 0.29) is 47.2 Å². The van der Waals surface area contributed by atoms with E-state index in [9.17, 15) is 9.90 Å². The van der Waals surface area contributed by atoms with E-state index in [2.05, 4.69) is 136 Å². The summed E-state index contributed by atoms with van der Waals surface area (Å²) < 4.78 is 0. The van der Waals surface area contributed by atoms with Crippen LogP contribution >= 0.6 is 0 Å². The Balaban J connectivity index is 1.60. The smallest absolute Gasteiger partial charge is 0.184 e. The third-order valence-corrected chi connectivity index (χ3v) is 16.2. The molecule has 0 amide bonds. The molecule has 346 valence electrons. The van der Waals surface area contributed by atoms with Crippen molar-refractivity contribution in [2.75, 3.05) is 0 Å². The lowest BCUT2D eigenvalue weighted by Crippen LogP contribution is -2.41. The van der Waals surface area contributed by atoms with Gasteiger partial charge in [-0.25, -0.2) is 0 Å². The average Bonchev–Trinajstić information content (AvgIpc) is 3.71. The standard InChI is InChI=1S/C61H90O2/c1-15-24-50(17-3)34-35-52-38-56(57(39-52)61(63)59(54-28-22-19-23-29-54)46(11)43(8)37-51-32-30-41(6)31-33-51)48(13)47(12)55(25-16-2)49(14)60(62)44(9)36-42(7)45(10)58(40(4)5)53-26-20-18-21-27-53/h17-18,20-21,24,26-27,30,32-33,40-41,45-47,52,54-59,61,63H,3,7-9,13-16,19,22-23,25,28-29,31,34-39H2,1-2,4-6,10-12H3/b50-24+/t41-,45?,46?,47?,52?,55?,56?,57?,58?,59?,61?/m1/s1. The SMILES string of the molecule is C=C/C(=C\CC)CCC1CC(C(=C)C(C)C(CCC)C(=C)C(=O)C(=C)CC(=C)C(C)C(c2ccccc2)C(C)C)C(C(O)C(C2CCCCC2)C(C)C(=C)CC2=CC[C@H](C)C=C2)C1. The number of rotatable bonds is 26. The minimum absolute atomic E-state index is 0.0233. The van der Waals surface area contributed by atoms with Crippen LogP contribution in [-0.2, 0) is 4.79 Å². The topological polar surface area (TPSA) is 37.3 Å². The molecule has 1 aromatic rings. The van der Waals surface area contributed by atoms with Gasteiger partial charge in [0.25, 0.3) is 0 Å². The van der Waals surface area contributed by atoms with Crippen LogP contribution in [0.25, 0.3) is 0 Å². The van der Waals surface area contributed by atoms with Gasteiger partial charge in [0.05, 0.1) is 6.10 Å². The molecule has 4 rings (SSSR count). The summed E-state index contributed by atoms with van der Waals surface area (Å²) in [6.07, 6.45) is 26.4. The molecule has 0 aromatic heterocycles. The summed E-state index contributed by atoms with van der Waals surface area (Å²) in [6.45, 7) is 45.4. The second-order valence-corrected chi connectivity index (χ2v) is 21.0. The second kappa shape index (κ2) is 25.3. The Bertz CT molecular complexity index is 1810. The van der Waals surface area contributed by atoms with Crippen molar-refractivity contribution in [3.8, 4) is 0 Å². The summed E-state index contributed by atoms with van der Waals surface area (Å²) in [7, 11) is 0. The predicted molar refractivity (Wildman–Crippen MR) is 274 cm³/mol. The first-order valence-corrected chi connectivity index (χ1v) is 25.4. The fourth-order valence-electron chi connectivity index (χ4n) is 12.2. The number of aliphatic hydroxyl groups excluding tert-OH is 1. The lowest BCUT2D eigenvalue weighted by molar-refractivity contribution is -0.113. The average molecular weight is 855 g/mol. The molecule has 0 spiro atoms. The molecule has 3 aliphatic rings. The highest BCUT2D eigenvalue weighted by Gasteiger charge is 2.47. The third-order valence-electron chi connectivity index (χ3n) is 16.2. The van der Waals surface area contributed by atoms with E-state index in [0.29, 0.717) is 47.2 Å². The van der Waals surface area contributed by atoms with Gasteiger partial charge in [-0.3, -0.25) is 4.79 Å². The number of hydrogen-bond donors (Lipinski definition) is 1. The van der Waals surface area contributed by atoms with Gasteiger partial charge in [-0.05, 0) is 151 Å². The number of benzene rings is 1. The summed E-state index contributed by atoms with van der Waals surface area (Å²) in [6, 6.07) is 10.7. The van der Waals surface area contributed by atoms with Crippen molar-refractivity contribution in [2.45, 2.75) is 164 Å². The largest absolute Gasteiger partial charge is 0.392 e. The van der Waals surface area contributed by atoms with Gasteiger partial charge < -0.3 is 5.11 Å². The van der Waals surface area contributed by atoms with E-state index in [1.54, 1.807) is 0 Å².